The van der Waals surface area contributed by atoms with Crippen molar-refractivity contribution in [2.24, 2.45) is 0 Å². The molecular weight excluding hydrogens is 360 g/mol. The number of carbonyl (C=O) groups excluding carboxylic acids is 2. The van der Waals surface area contributed by atoms with Crippen molar-refractivity contribution in [3.05, 3.63) is 51.6 Å². The van der Waals surface area contributed by atoms with Gasteiger partial charge in [-0.1, -0.05) is 0 Å². The average Bonchev–Trinajstić information content (AvgIpc) is 2.71. The third kappa shape index (κ3) is 3.96. The van der Waals surface area contributed by atoms with Crippen LogP contribution in [0.25, 0.3) is 0 Å². The van der Waals surface area contributed by atoms with Gasteiger partial charge in [-0.15, -0.1) is 0 Å². The molecule has 2 aromatic rings. The number of methoxy groups -OCH3 is 3. The van der Waals surface area contributed by atoms with Crippen LogP contribution in [0.5, 0.6) is 17.2 Å². The van der Waals surface area contributed by atoms with Gasteiger partial charge in [0.15, 0.2) is 18.1 Å². The predicted molar refractivity (Wildman–Crippen MR) is 106 cm³/mol. The van der Waals surface area contributed by atoms with Gasteiger partial charge >= 0.3 is 5.97 Å². The minimum Gasteiger partial charge on any atom is -0.493 e. The van der Waals surface area contributed by atoms with Gasteiger partial charge in [0.1, 0.15) is 5.56 Å². The van der Waals surface area contributed by atoms with E-state index < -0.39 is 5.97 Å². The predicted octanol–water partition coefficient (Wildman–Crippen LogP) is 3.99. The average molecular weight is 386 g/mol. The molecule has 0 fully saturated rings. The molecule has 0 aromatic heterocycles. The standard InChI is InChI=1S/C22H26O6/c1-12-10-17(15(4)14(3)13(12)2)18(23)11-28-22(24)16-8-9-19(25-5)21(27-7)20(16)26-6/h8-10H,11H2,1-7H3. The van der Waals surface area contributed by atoms with Gasteiger partial charge in [-0.2, -0.15) is 0 Å². The molecule has 0 atom stereocenters. The number of rotatable bonds is 7. The van der Waals surface area contributed by atoms with Crippen molar-refractivity contribution in [1.29, 1.82) is 0 Å². The van der Waals surface area contributed by atoms with Gasteiger partial charge in [-0.25, -0.2) is 4.79 Å². The molecule has 150 valence electrons. The van der Waals surface area contributed by atoms with Gasteiger partial charge in [0.05, 0.1) is 21.3 Å². The molecule has 0 saturated carbocycles. The number of aryl methyl sites for hydroxylation is 1. The lowest BCUT2D eigenvalue weighted by Gasteiger charge is -2.16. The van der Waals surface area contributed by atoms with Crippen molar-refractivity contribution in [2.45, 2.75) is 27.7 Å². The van der Waals surface area contributed by atoms with Gasteiger partial charge in [0, 0.05) is 5.56 Å². The molecular formula is C22H26O6. The van der Waals surface area contributed by atoms with Gasteiger partial charge < -0.3 is 18.9 Å². The van der Waals surface area contributed by atoms with Crippen LogP contribution < -0.4 is 14.2 Å². The molecule has 0 aliphatic heterocycles. The van der Waals surface area contributed by atoms with Crippen LogP contribution in [0.15, 0.2) is 18.2 Å². The van der Waals surface area contributed by atoms with Gasteiger partial charge in [-0.3, -0.25) is 4.79 Å². The third-order valence-corrected chi connectivity index (χ3v) is 5.04. The summed E-state index contributed by atoms with van der Waals surface area (Å²) >= 11 is 0. The highest BCUT2D eigenvalue weighted by molar-refractivity contribution is 6.01. The van der Waals surface area contributed by atoms with E-state index in [0.29, 0.717) is 11.3 Å². The molecule has 0 radical (unpaired) electrons. The fourth-order valence-electron chi connectivity index (χ4n) is 3.05. The van der Waals surface area contributed by atoms with E-state index in [1.54, 1.807) is 6.07 Å². The SMILES string of the molecule is COc1ccc(C(=O)OCC(=O)c2cc(C)c(C)c(C)c2C)c(OC)c1OC. The van der Waals surface area contributed by atoms with E-state index in [9.17, 15) is 9.59 Å². The number of hydrogen-bond acceptors (Lipinski definition) is 6. The molecule has 28 heavy (non-hydrogen) atoms. The maximum absolute atomic E-state index is 12.6. The first-order valence-electron chi connectivity index (χ1n) is 8.83. The zero-order chi connectivity index (χ0) is 21.0. The number of ketones is 1. The molecule has 2 rings (SSSR count). The first kappa shape index (κ1) is 21.3. The Kier molecular flexibility index (Phi) is 6.67. The smallest absolute Gasteiger partial charge is 0.342 e. The lowest BCUT2D eigenvalue weighted by Crippen LogP contribution is -2.17. The van der Waals surface area contributed by atoms with Gasteiger partial charge in [0.2, 0.25) is 11.5 Å². The van der Waals surface area contributed by atoms with Gasteiger partial charge in [0.25, 0.3) is 0 Å². The summed E-state index contributed by atoms with van der Waals surface area (Å²) in [6.07, 6.45) is 0. The minimum atomic E-state index is -0.677. The monoisotopic (exact) mass is 386 g/mol. The highest BCUT2D eigenvalue weighted by atomic mass is 16.5. The van der Waals surface area contributed by atoms with E-state index in [1.807, 2.05) is 33.8 Å². The summed E-state index contributed by atoms with van der Waals surface area (Å²) in [6, 6.07) is 4.93. The molecule has 0 bridgehead atoms. The van der Waals surface area contributed by atoms with Crippen LogP contribution in [-0.4, -0.2) is 39.7 Å². The number of benzene rings is 2. The number of carbonyl (C=O) groups is 2. The molecule has 0 aliphatic rings. The third-order valence-electron chi connectivity index (χ3n) is 5.04. The summed E-state index contributed by atoms with van der Waals surface area (Å²) < 4.78 is 21.0. The molecule has 0 amide bonds. The first-order chi connectivity index (χ1) is 13.3. The number of hydrogen-bond donors (Lipinski definition) is 0. The van der Waals surface area contributed by atoms with Gasteiger partial charge in [-0.05, 0) is 68.1 Å². The second-order valence-corrected chi connectivity index (χ2v) is 6.50. The summed E-state index contributed by atoms with van der Waals surface area (Å²) in [5, 5.41) is 0. The Hall–Kier alpha value is -3.02. The second kappa shape index (κ2) is 8.78. The van der Waals surface area contributed by atoms with Crippen LogP contribution in [0.1, 0.15) is 43.0 Å². The maximum Gasteiger partial charge on any atom is 0.342 e. The van der Waals surface area contributed by atoms with Crippen LogP contribution in [0.4, 0.5) is 0 Å². The Labute approximate surface area is 165 Å². The highest BCUT2D eigenvalue weighted by Gasteiger charge is 2.23. The van der Waals surface area contributed by atoms with E-state index in [4.69, 9.17) is 18.9 Å². The summed E-state index contributed by atoms with van der Waals surface area (Å²) in [4.78, 5) is 25.2. The zero-order valence-corrected chi connectivity index (χ0v) is 17.4. The van der Waals surface area contributed by atoms with E-state index in [-0.39, 0.29) is 29.5 Å². The van der Waals surface area contributed by atoms with Crippen molar-refractivity contribution < 1.29 is 28.5 Å². The van der Waals surface area contributed by atoms with Crippen molar-refractivity contribution in [1.82, 2.24) is 0 Å². The Balaban J connectivity index is 2.25. The summed E-state index contributed by atoms with van der Waals surface area (Å²) in [5.41, 5.74) is 4.86. The van der Waals surface area contributed by atoms with E-state index >= 15 is 0 Å². The van der Waals surface area contributed by atoms with Crippen LogP contribution in [0, 0.1) is 27.7 Å². The molecule has 0 N–H and O–H groups in total. The fourth-order valence-corrected chi connectivity index (χ4v) is 3.05. The minimum absolute atomic E-state index is 0.154. The van der Waals surface area contributed by atoms with E-state index in [0.717, 1.165) is 22.3 Å². The quantitative estimate of drug-likeness (QED) is 0.529. The summed E-state index contributed by atoms with van der Waals surface area (Å²) in [6.45, 7) is 7.50. The highest BCUT2D eigenvalue weighted by Crippen LogP contribution is 2.40. The molecule has 0 heterocycles. The maximum atomic E-state index is 12.6. The van der Waals surface area contributed by atoms with Crippen LogP contribution in [0.3, 0.4) is 0 Å². The fraction of sp³-hybridized carbons (Fsp3) is 0.364. The van der Waals surface area contributed by atoms with E-state index in [2.05, 4.69) is 0 Å². The Morgan fingerprint density at radius 3 is 2.00 bits per heavy atom. The Bertz CT molecular complexity index is 914. The molecule has 6 nitrogen and oxygen atoms in total. The number of ether oxygens (including phenoxy) is 4. The van der Waals surface area contributed by atoms with Crippen molar-refractivity contribution in [2.75, 3.05) is 27.9 Å². The molecule has 2 aromatic carbocycles. The van der Waals surface area contributed by atoms with Crippen molar-refractivity contribution in [3.8, 4) is 17.2 Å². The zero-order valence-electron chi connectivity index (χ0n) is 17.4. The van der Waals surface area contributed by atoms with Crippen LogP contribution in [0.2, 0.25) is 0 Å². The molecule has 6 heteroatoms. The Morgan fingerprint density at radius 1 is 0.786 bits per heavy atom. The van der Waals surface area contributed by atoms with E-state index in [1.165, 1.54) is 27.4 Å². The lowest BCUT2D eigenvalue weighted by atomic mass is 9.93. The van der Waals surface area contributed by atoms with Crippen LogP contribution >= 0.6 is 0 Å². The van der Waals surface area contributed by atoms with Crippen molar-refractivity contribution in [3.63, 3.8) is 0 Å². The molecule has 0 spiro atoms. The molecule has 0 aliphatic carbocycles. The van der Waals surface area contributed by atoms with Crippen LogP contribution in [-0.2, 0) is 4.74 Å². The number of Topliss-reactive ketones (excluding diaryl/α,β-unsaturated/α-hetero) is 1. The molecule has 0 unspecified atom stereocenters. The second-order valence-electron chi connectivity index (χ2n) is 6.50. The van der Waals surface area contributed by atoms with Crippen molar-refractivity contribution >= 4 is 11.8 Å². The molecule has 0 saturated heterocycles. The largest absolute Gasteiger partial charge is 0.493 e. The first-order valence-corrected chi connectivity index (χ1v) is 8.83. The Morgan fingerprint density at radius 2 is 1.43 bits per heavy atom. The lowest BCUT2D eigenvalue weighted by molar-refractivity contribution is 0.0470. The summed E-state index contributed by atoms with van der Waals surface area (Å²) in [5.74, 6) is -0.0297. The normalized spacial score (nSPS) is 10.4. The number of esters is 1. The topological polar surface area (TPSA) is 71.1 Å². The summed E-state index contributed by atoms with van der Waals surface area (Å²) in [7, 11) is 4.35.